The zero-order valence-corrected chi connectivity index (χ0v) is 13.1. The SMILES string of the molecule is CCNc1nc(NC2CCC(=O)N(C)C2)c(Cl)cc1Cl. The van der Waals surface area contributed by atoms with E-state index in [1.807, 2.05) is 6.92 Å². The lowest BCUT2D eigenvalue weighted by atomic mass is 10.1. The van der Waals surface area contributed by atoms with Crippen molar-refractivity contribution in [2.45, 2.75) is 25.8 Å². The third kappa shape index (κ3) is 3.46. The molecule has 1 aromatic rings. The van der Waals surface area contributed by atoms with Crippen LogP contribution < -0.4 is 10.6 Å². The maximum atomic E-state index is 11.5. The number of carbonyl (C=O) groups excluding carboxylic acids is 1. The van der Waals surface area contributed by atoms with Crippen molar-refractivity contribution in [2.75, 3.05) is 30.8 Å². The van der Waals surface area contributed by atoms with Crippen LogP contribution in [-0.4, -0.2) is 42.0 Å². The Hall–Kier alpha value is -1.20. The van der Waals surface area contributed by atoms with Gasteiger partial charge in [0.25, 0.3) is 0 Å². The van der Waals surface area contributed by atoms with Crippen molar-refractivity contribution in [3.05, 3.63) is 16.1 Å². The fourth-order valence-corrected chi connectivity index (χ4v) is 2.66. The first-order chi connectivity index (χ1) is 9.51. The van der Waals surface area contributed by atoms with Crippen LogP contribution in [0.25, 0.3) is 0 Å². The number of carbonyl (C=O) groups is 1. The number of pyridine rings is 1. The highest BCUT2D eigenvalue weighted by Crippen LogP contribution is 2.30. The number of piperidine rings is 1. The zero-order valence-electron chi connectivity index (χ0n) is 11.5. The molecule has 1 unspecified atom stereocenters. The van der Waals surface area contributed by atoms with Crippen molar-refractivity contribution in [3.8, 4) is 0 Å². The molecule has 0 radical (unpaired) electrons. The topological polar surface area (TPSA) is 57.3 Å². The molecule has 1 amide bonds. The van der Waals surface area contributed by atoms with Gasteiger partial charge in [0, 0.05) is 32.6 Å². The molecular formula is C13H18Cl2N4O. The summed E-state index contributed by atoms with van der Waals surface area (Å²) in [6, 6.07) is 1.83. The van der Waals surface area contributed by atoms with Crippen LogP contribution in [0.4, 0.5) is 11.6 Å². The number of nitrogens with zero attached hydrogens (tertiary/aromatic N) is 2. The maximum absolute atomic E-state index is 11.5. The molecule has 1 aliphatic rings. The Kier molecular flexibility index (Phi) is 4.94. The van der Waals surface area contributed by atoms with Crippen molar-refractivity contribution in [3.63, 3.8) is 0 Å². The molecular weight excluding hydrogens is 299 g/mol. The number of nitrogens with one attached hydrogen (secondary N) is 2. The van der Waals surface area contributed by atoms with Crippen molar-refractivity contribution in [1.82, 2.24) is 9.88 Å². The number of rotatable bonds is 4. The van der Waals surface area contributed by atoms with Gasteiger partial charge in [-0.2, -0.15) is 0 Å². The highest BCUT2D eigenvalue weighted by molar-refractivity contribution is 6.37. The Bertz CT molecular complexity index is 509. The van der Waals surface area contributed by atoms with E-state index >= 15 is 0 Å². The highest BCUT2D eigenvalue weighted by Gasteiger charge is 2.23. The summed E-state index contributed by atoms with van der Waals surface area (Å²) in [5.74, 6) is 1.38. The van der Waals surface area contributed by atoms with Crippen molar-refractivity contribution in [2.24, 2.45) is 0 Å². The summed E-state index contributed by atoms with van der Waals surface area (Å²) in [6.45, 7) is 3.35. The molecule has 110 valence electrons. The minimum absolute atomic E-state index is 0.151. The smallest absolute Gasteiger partial charge is 0.222 e. The van der Waals surface area contributed by atoms with Crippen molar-refractivity contribution in [1.29, 1.82) is 0 Å². The van der Waals surface area contributed by atoms with Crippen LogP contribution >= 0.6 is 23.2 Å². The quantitative estimate of drug-likeness (QED) is 0.896. The molecule has 2 rings (SSSR count). The molecule has 2 N–H and O–H groups in total. The second-order valence-corrected chi connectivity index (χ2v) is 5.65. The standard InChI is InChI=1S/C13H18Cl2N4O/c1-3-16-12-9(14)6-10(15)13(18-12)17-8-4-5-11(20)19(2)7-8/h6,8H,3-5,7H2,1-2H3,(H2,16,17,18). The number of aromatic nitrogens is 1. The summed E-state index contributed by atoms with van der Waals surface area (Å²) >= 11 is 12.2. The Balaban J connectivity index is 2.12. The van der Waals surface area contributed by atoms with Gasteiger partial charge < -0.3 is 15.5 Å². The molecule has 0 saturated carbocycles. The average Bonchev–Trinajstić information content (AvgIpc) is 2.39. The number of amides is 1. The van der Waals surface area contributed by atoms with E-state index < -0.39 is 0 Å². The van der Waals surface area contributed by atoms with Crippen LogP contribution in [0.2, 0.25) is 10.0 Å². The molecule has 1 fully saturated rings. The van der Waals surface area contributed by atoms with E-state index in [-0.39, 0.29) is 11.9 Å². The first kappa shape index (κ1) is 15.2. The molecule has 2 heterocycles. The predicted molar refractivity (Wildman–Crippen MR) is 82.7 cm³/mol. The summed E-state index contributed by atoms with van der Waals surface area (Å²) < 4.78 is 0. The summed E-state index contributed by atoms with van der Waals surface area (Å²) in [6.07, 6.45) is 1.32. The summed E-state index contributed by atoms with van der Waals surface area (Å²) in [4.78, 5) is 17.6. The van der Waals surface area contributed by atoms with Crippen LogP contribution in [0, 0.1) is 0 Å². The Labute approximate surface area is 128 Å². The van der Waals surface area contributed by atoms with E-state index in [9.17, 15) is 4.79 Å². The molecule has 20 heavy (non-hydrogen) atoms. The fraction of sp³-hybridized carbons (Fsp3) is 0.538. The molecule has 0 spiro atoms. The van der Waals surface area contributed by atoms with Gasteiger partial charge in [0.05, 0.1) is 10.0 Å². The molecule has 1 saturated heterocycles. The molecule has 1 aliphatic heterocycles. The molecule has 7 heteroatoms. The Morgan fingerprint density at radius 2 is 2.10 bits per heavy atom. The monoisotopic (exact) mass is 316 g/mol. The average molecular weight is 317 g/mol. The van der Waals surface area contributed by atoms with E-state index in [0.29, 0.717) is 34.6 Å². The Morgan fingerprint density at radius 1 is 1.40 bits per heavy atom. The number of likely N-dealkylation sites (N-methyl/N-ethyl adjacent to an activating group) is 1. The number of hydrogen-bond acceptors (Lipinski definition) is 4. The fourth-order valence-electron chi connectivity index (χ4n) is 2.18. The zero-order chi connectivity index (χ0) is 14.7. The van der Waals surface area contributed by atoms with Gasteiger partial charge in [-0.05, 0) is 19.4 Å². The van der Waals surface area contributed by atoms with E-state index in [0.717, 1.165) is 13.0 Å². The van der Waals surface area contributed by atoms with Gasteiger partial charge in [-0.3, -0.25) is 4.79 Å². The lowest BCUT2D eigenvalue weighted by Gasteiger charge is -2.30. The van der Waals surface area contributed by atoms with Gasteiger partial charge in [-0.25, -0.2) is 4.98 Å². The predicted octanol–water partition coefficient (Wildman–Crippen LogP) is 2.85. The summed E-state index contributed by atoms with van der Waals surface area (Å²) in [5, 5.41) is 7.36. The normalized spacial score (nSPS) is 19.1. The largest absolute Gasteiger partial charge is 0.369 e. The van der Waals surface area contributed by atoms with Crippen LogP contribution in [0.3, 0.4) is 0 Å². The second kappa shape index (κ2) is 6.50. The van der Waals surface area contributed by atoms with Crippen LogP contribution in [-0.2, 0) is 4.79 Å². The van der Waals surface area contributed by atoms with Crippen molar-refractivity contribution >= 4 is 40.7 Å². The third-order valence-electron chi connectivity index (χ3n) is 3.24. The molecule has 0 aliphatic carbocycles. The first-order valence-corrected chi connectivity index (χ1v) is 7.37. The van der Waals surface area contributed by atoms with Gasteiger partial charge in [0.15, 0.2) is 0 Å². The van der Waals surface area contributed by atoms with Crippen LogP contribution in [0.5, 0.6) is 0 Å². The lowest BCUT2D eigenvalue weighted by Crippen LogP contribution is -2.43. The molecule has 5 nitrogen and oxygen atoms in total. The van der Waals surface area contributed by atoms with Crippen molar-refractivity contribution < 1.29 is 4.79 Å². The first-order valence-electron chi connectivity index (χ1n) is 6.61. The minimum atomic E-state index is 0.151. The Morgan fingerprint density at radius 3 is 2.75 bits per heavy atom. The van der Waals surface area contributed by atoms with E-state index in [4.69, 9.17) is 23.2 Å². The number of anilines is 2. The van der Waals surface area contributed by atoms with E-state index in [1.165, 1.54) is 0 Å². The van der Waals surface area contributed by atoms with Gasteiger partial charge >= 0.3 is 0 Å². The highest BCUT2D eigenvalue weighted by atomic mass is 35.5. The van der Waals surface area contributed by atoms with Crippen LogP contribution in [0.15, 0.2) is 6.07 Å². The van der Waals surface area contributed by atoms with Gasteiger partial charge in [0.2, 0.25) is 5.91 Å². The van der Waals surface area contributed by atoms with Crippen LogP contribution in [0.1, 0.15) is 19.8 Å². The third-order valence-corrected chi connectivity index (χ3v) is 3.82. The number of halogens is 2. The summed E-state index contributed by atoms with van der Waals surface area (Å²) in [7, 11) is 1.80. The second-order valence-electron chi connectivity index (χ2n) is 4.83. The van der Waals surface area contributed by atoms with Gasteiger partial charge in [-0.1, -0.05) is 23.2 Å². The number of likely N-dealkylation sites (tertiary alicyclic amines) is 1. The minimum Gasteiger partial charge on any atom is -0.369 e. The van der Waals surface area contributed by atoms with Gasteiger partial charge in [0.1, 0.15) is 11.6 Å². The molecule has 0 aromatic carbocycles. The lowest BCUT2D eigenvalue weighted by molar-refractivity contribution is -0.132. The molecule has 0 bridgehead atoms. The molecule has 1 atom stereocenters. The van der Waals surface area contributed by atoms with E-state index in [1.54, 1.807) is 18.0 Å². The van der Waals surface area contributed by atoms with Gasteiger partial charge in [-0.15, -0.1) is 0 Å². The number of hydrogen-bond donors (Lipinski definition) is 2. The molecule has 1 aromatic heterocycles. The maximum Gasteiger partial charge on any atom is 0.222 e. The summed E-state index contributed by atoms with van der Waals surface area (Å²) in [5.41, 5.74) is 0. The van der Waals surface area contributed by atoms with E-state index in [2.05, 4.69) is 15.6 Å².